The van der Waals surface area contributed by atoms with E-state index in [1.54, 1.807) is 19.4 Å². The van der Waals surface area contributed by atoms with Gasteiger partial charge < -0.3 is 35.7 Å². The summed E-state index contributed by atoms with van der Waals surface area (Å²) in [6.07, 6.45) is 4.76. The molecule has 1 aliphatic carbocycles. The number of anilines is 4. The Kier molecular flexibility index (Phi) is 7.14. The molecule has 210 valence electrons. The molecule has 10 nitrogen and oxygen atoms in total. The molecule has 0 spiro atoms. The van der Waals surface area contributed by atoms with Crippen LogP contribution >= 0.6 is 11.6 Å². The van der Waals surface area contributed by atoms with E-state index in [1.165, 1.54) is 0 Å². The summed E-state index contributed by atoms with van der Waals surface area (Å²) in [6, 6.07) is 11.6. The molecule has 11 heteroatoms. The van der Waals surface area contributed by atoms with Crippen molar-refractivity contribution in [3.63, 3.8) is 0 Å². The number of hydrogen-bond acceptors (Lipinski definition) is 8. The van der Waals surface area contributed by atoms with E-state index in [-0.39, 0.29) is 5.54 Å². The third-order valence-corrected chi connectivity index (χ3v) is 7.03. The summed E-state index contributed by atoms with van der Waals surface area (Å²) >= 11 is 6.50. The van der Waals surface area contributed by atoms with Crippen LogP contribution in [0.1, 0.15) is 33.6 Å². The number of carbonyl (C=O) groups excluding carboxylic acids is 1. The van der Waals surface area contributed by atoms with Crippen LogP contribution in [0.25, 0.3) is 22.2 Å². The van der Waals surface area contributed by atoms with E-state index in [0.717, 1.165) is 35.0 Å². The van der Waals surface area contributed by atoms with Crippen molar-refractivity contribution in [2.75, 3.05) is 36.7 Å². The van der Waals surface area contributed by atoms with Gasteiger partial charge in [0.05, 0.1) is 46.6 Å². The lowest BCUT2D eigenvalue weighted by atomic mass is 10.1. The maximum atomic E-state index is 12.4. The molecule has 1 amide bonds. The normalized spacial score (nSPS) is 14.1. The van der Waals surface area contributed by atoms with Crippen LogP contribution in [-0.4, -0.2) is 52.9 Å². The molecule has 0 aliphatic heterocycles. The molecule has 0 saturated heterocycles. The van der Waals surface area contributed by atoms with Crippen molar-refractivity contribution >= 4 is 51.6 Å². The predicted octanol–water partition coefficient (Wildman–Crippen LogP) is 6.11. The highest BCUT2D eigenvalue weighted by atomic mass is 35.5. The number of methoxy groups -OCH3 is 1. The van der Waals surface area contributed by atoms with Crippen LogP contribution in [0.15, 0.2) is 48.8 Å². The van der Waals surface area contributed by atoms with E-state index in [2.05, 4.69) is 20.6 Å². The zero-order chi connectivity index (χ0) is 28.7. The summed E-state index contributed by atoms with van der Waals surface area (Å²) in [5.41, 5.74) is 9.97. The number of ether oxygens (including phenoxy) is 2. The van der Waals surface area contributed by atoms with Gasteiger partial charge in [-0.1, -0.05) is 29.8 Å². The first-order valence-electron chi connectivity index (χ1n) is 13.0. The number of H-pyrrole nitrogens is 1. The fraction of sp³-hybridized carbons (Fsp3) is 0.345. The van der Waals surface area contributed by atoms with Crippen molar-refractivity contribution < 1.29 is 14.3 Å². The fourth-order valence-electron chi connectivity index (χ4n) is 4.72. The number of nitrogens with two attached hydrogens (primary N) is 1. The topological polar surface area (TPSA) is 130 Å². The standard InChI is InChI=1S/C29H34ClN7O3/c1-28(2,3)40-27(38)36-29(10-11-29)16-37(4)23-13-24(39-5)22(12-20(23)31)34-26-33-15-19(30)25(35-26)18-14-32-21-9-7-6-8-17(18)21/h6-9,12-15,32H,10-11,16,31H2,1-5H3,(H,36,38)(H,33,34,35). The second kappa shape index (κ2) is 10.4. The van der Waals surface area contributed by atoms with Gasteiger partial charge in [0, 0.05) is 42.3 Å². The molecule has 4 aromatic rings. The summed E-state index contributed by atoms with van der Waals surface area (Å²) in [6.45, 7) is 6.11. The molecule has 0 radical (unpaired) electrons. The number of hydrogen-bond donors (Lipinski definition) is 4. The smallest absolute Gasteiger partial charge is 0.408 e. The van der Waals surface area contributed by atoms with E-state index in [4.69, 9.17) is 31.8 Å². The molecular weight excluding hydrogens is 530 g/mol. The maximum absolute atomic E-state index is 12.4. The van der Waals surface area contributed by atoms with Crippen LogP contribution in [-0.2, 0) is 4.74 Å². The Hall–Kier alpha value is -4.18. The number of nitrogens with zero attached hydrogens (tertiary/aromatic N) is 3. The van der Waals surface area contributed by atoms with Gasteiger partial charge in [-0.15, -0.1) is 0 Å². The molecule has 2 aromatic carbocycles. The van der Waals surface area contributed by atoms with Gasteiger partial charge in [-0.25, -0.2) is 14.8 Å². The molecule has 1 fully saturated rings. The summed E-state index contributed by atoms with van der Waals surface area (Å²) in [4.78, 5) is 26.7. The summed E-state index contributed by atoms with van der Waals surface area (Å²) in [5.74, 6) is 0.912. The summed E-state index contributed by atoms with van der Waals surface area (Å²) in [7, 11) is 3.53. The third-order valence-electron chi connectivity index (χ3n) is 6.75. The highest BCUT2D eigenvalue weighted by molar-refractivity contribution is 6.33. The van der Waals surface area contributed by atoms with Crippen molar-refractivity contribution in [1.82, 2.24) is 20.3 Å². The maximum Gasteiger partial charge on any atom is 0.408 e. The summed E-state index contributed by atoms with van der Waals surface area (Å²) in [5, 5.41) is 7.71. The van der Waals surface area contributed by atoms with Crippen LogP contribution in [0.5, 0.6) is 5.75 Å². The van der Waals surface area contributed by atoms with E-state index < -0.39 is 11.7 Å². The predicted molar refractivity (Wildman–Crippen MR) is 160 cm³/mol. The van der Waals surface area contributed by atoms with E-state index in [0.29, 0.717) is 40.3 Å². The highest BCUT2D eigenvalue weighted by Crippen LogP contribution is 2.41. The quantitative estimate of drug-likeness (QED) is 0.189. The molecule has 5 N–H and O–H groups in total. The van der Waals surface area contributed by atoms with Gasteiger partial charge in [0.25, 0.3) is 0 Å². The zero-order valence-corrected chi connectivity index (χ0v) is 24.0. The molecule has 0 bridgehead atoms. The molecule has 2 aromatic heterocycles. The Morgan fingerprint density at radius 1 is 1.25 bits per heavy atom. The minimum atomic E-state index is -0.559. The zero-order valence-electron chi connectivity index (χ0n) is 23.3. The second-order valence-corrected chi connectivity index (χ2v) is 11.5. The van der Waals surface area contributed by atoms with Gasteiger partial charge in [-0.2, -0.15) is 0 Å². The van der Waals surface area contributed by atoms with Gasteiger partial charge in [0.15, 0.2) is 0 Å². The van der Waals surface area contributed by atoms with E-state index >= 15 is 0 Å². The SMILES string of the molecule is COc1cc(N(C)CC2(NC(=O)OC(C)(C)C)CC2)c(N)cc1Nc1ncc(Cl)c(-c2c[nH]c3ccccc23)n1. The van der Waals surface area contributed by atoms with Crippen LogP contribution in [0, 0.1) is 0 Å². The Bertz CT molecular complexity index is 1560. The Balaban J connectivity index is 1.36. The van der Waals surface area contributed by atoms with Gasteiger partial charge >= 0.3 is 6.09 Å². The largest absolute Gasteiger partial charge is 0.494 e. The van der Waals surface area contributed by atoms with Crippen molar-refractivity contribution in [2.45, 2.75) is 44.8 Å². The van der Waals surface area contributed by atoms with Crippen molar-refractivity contribution in [1.29, 1.82) is 0 Å². The molecule has 0 atom stereocenters. The minimum absolute atomic E-state index is 0.349. The van der Waals surface area contributed by atoms with Crippen LogP contribution in [0.3, 0.4) is 0 Å². The van der Waals surface area contributed by atoms with Gasteiger partial charge in [0.2, 0.25) is 5.95 Å². The number of aromatic amines is 1. The molecule has 0 unspecified atom stereocenters. The minimum Gasteiger partial charge on any atom is -0.494 e. The fourth-order valence-corrected chi connectivity index (χ4v) is 4.91. The Labute approximate surface area is 238 Å². The van der Waals surface area contributed by atoms with Crippen molar-refractivity contribution in [3.8, 4) is 17.0 Å². The van der Waals surface area contributed by atoms with Crippen LogP contribution < -0.4 is 26.0 Å². The van der Waals surface area contributed by atoms with E-state index in [9.17, 15) is 4.79 Å². The third kappa shape index (κ3) is 5.86. The second-order valence-electron chi connectivity index (χ2n) is 11.1. The highest BCUT2D eigenvalue weighted by Gasteiger charge is 2.46. The lowest BCUT2D eigenvalue weighted by Gasteiger charge is -2.29. The number of para-hydroxylation sites is 1. The lowest BCUT2D eigenvalue weighted by Crippen LogP contribution is -2.46. The molecule has 1 saturated carbocycles. The van der Waals surface area contributed by atoms with E-state index in [1.807, 2.05) is 69.2 Å². The number of fused-ring (bicyclic) bond motifs is 1. The monoisotopic (exact) mass is 563 g/mol. The number of halogens is 1. The first-order valence-corrected chi connectivity index (χ1v) is 13.4. The molecule has 2 heterocycles. The number of aromatic nitrogens is 3. The van der Waals surface area contributed by atoms with Gasteiger partial charge in [-0.3, -0.25) is 0 Å². The van der Waals surface area contributed by atoms with Gasteiger partial charge in [-0.05, 0) is 45.7 Å². The molecular formula is C29H34ClN7O3. The number of amides is 1. The van der Waals surface area contributed by atoms with Gasteiger partial charge in [0.1, 0.15) is 11.4 Å². The van der Waals surface area contributed by atoms with Crippen LogP contribution in [0.2, 0.25) is 5.02 Å². The van der Waals surface area contributed by atoms with Crippen LogP contribution in [0.4, 0.5) is 27.8 Å². The molecule has 1 aliphatic rings. The Morgan fingerprint density at radius 3 is 2.70 bits per heavy atom. The molecule has 5 rings (SSSR count). The lowest BCUT2D eigenvalue weighted by molar-refractivity contribution is 0.0498. The number of likely N-dealkylation sites (N-methyl/N-ethyl adjacent to an activating group) is 1. The number of carbonyl (C=O) groups is 1. The average molecular weight is 564 g/mol. The Morgan fingerprint density at radius 2 is 2.00 bits per heavy atom. The van der Waals surface area contributed by atoms with Crippen molar-refractivity contribution in [2.24, 2.45) is 0 Å². The first kappa shape index (κ1) is 27.4. The number of rotatable bonds is 8. The first-order chi connectivity index (χ1) is 19.0. The number of benzene rings is 2. The summed E-state index contributed by atoms with van der Waals surface area (Å²) < 4.78 is 11.1. The average Bonchev–Trinajstić information content (AvgIpc) is 3.48. The number of alkyl carbamates (subject to hydrolysis) is 1. The van der Waals surface area contributed by atoms with Crippen molar-refractivity contribution in [3.05, 3.63) is 53.8 Å². The molecule has 40 heavy (non-hydrogen) atoms. The number of nitrogen functional groups attached to an aromatic ring is 1. The number of nitrogens with one attached hydrogen (secondary N) is 3.